The number of hydrogen-bond donors (Lipinski definition) is 2. The van der Waals surface area contributed by atoms with E-state index >= 15 is 0 Å². The van der Waals surface area contributed by atoms with E-state index in [1.165, 1.54) is 26.1 Å². The Morgan fingerprint density at radius 1 is 1.11 bits per heavy atom. The molecule has 140 valence electrons. The van der Waals surface area contributed by atoms with Crippen LogP contribution >= 0.6 is 11.3 Å². The predicted molar refractivity (Wildman–Crippen MR) is 110 cm³/mol. The van der Waals surface area contributed by atoms with Crippen LogP contribution in [-0.4, -0.2) is 22.4 Å². The van der Waals surface area contributed by atoms with Gasteiger partial charge in [-0.25, -0.2) is 0 Å². The first-order valence-electron chi connectivity index (χ1n) is 9.35. The van der Waals surface area contributed by atoms with Crippen LogP contribution in [0.15, 0.2) is 66.6 Å². The van der Waals surface area contributed by atoms with E-state index in [-0.39, 0.29) is 12.0 Å². The largest absolute Gasteiger partial charge is 0.512 e. The lowest BCUT2D eigenvalue weighted by Crippen LogP contribution is -2.38. The van der Waals surface area contributed by atoms with Crippen LogP contribution in [0.4, 0.5) is 0 Å². The summed E-state index contributed by atoms with van der Waals surface area (Å²) in [4.78, 5) is 1.36. The average molecular weight is 381 g/mol. The van der Waals surface area contributed by atoms with E-state index in [1.807, 2.05) is 18.3 Å². The normalized spacial score (nSPS) is 24.2. The molecule has 1 fully saturated rings. The lowest BCUT2D eigenvalue weighted by Gasteiger charge is -2.35. The van der Waals surface area contributed by atoms with Crippen molar-refractivity contribution in [3.05, 3.63) is 82.6 Å². The molecule has 1 aliphatic rings. The molecule has 0 amide bonds. The number of ether oxygens (including phenoxy) is 1. The first-order chi connectivity index (χ1) is 13.1. The molecule has 2 N–H and O–H groups in total. The van der Waals surface area contributed by atoms with E-state index in [0.29, 0.717) is 12.2 Å². The van der Waals surface area contributed by atoms with Crippen molar-refractivity contribution in [3.8, 4) is 0 Å². The molecule has 1 aromatic heterocycles. The van der Waals surface area contributed by atoms with Crippen LogP contribution in [0, 0.1) is 5.92 Å². The molecule has 0 radical (unpaired) electrons. The van der Waals surface area contributed by atoms with Crippen molar-refractivity contribution in [1.82, 2.24) is 0 Å². The SMILES string of the molecule is CC1C(O)C/C(=C\O)OC1Cc1cccc(Cc2cc3ccccc3s2)c1. The van der Waals surface area contributed by atoms with E-state index < -0.39 is 6.10 Å². The zero-order chi connectivity index (χ0) is 18.8. The molecular formula is C23H24O3S. The van der Waals surface area contributed by atoms with Gasteiger partial charge in [-0.2, -0.15) is 0 Å². The first kappa shape index (κ1) is 18.1. The van der Waals surface area contributed by atoms with E-state index in [2.05, 4.69) is 54.6 Å². The standard InChI is InChI=1S/C23H24O3S/c1-15-21(25)13-19(14-24)26-22(15)11-17-6-4-5-16(9-17)10-20-12-18-7-2-3-8-23(18)27-20/h2-9,12,14-15,21-22,24-25H,10-11,13H2,1H3/b19-14+. The number of aliphatic hydroxyl groups excluding tert-OH is 2. The summed E-state index contributed by atoms with van der Waals surface area (Å²) in [6.45, 7) is 2.00. The second kappa shape index (κ2) is 7.75. The van der Waals surface area contributed by atoms with Crippen molar-refractivity contribution >= 4 is 21.4 Å². The highest BCUT2D eigenvalue weighted by Gasteiger charge is 2.32. The number of benzene rings is 2. The maximum absolute atomic E-state index is 10.2. The highest BCUT2D eigenvalue weighted by atomic mass is 32.1. The van der Waals surface area contributed by atoms with Crippen molar-refractivity contribution in [2.75, 3.05) is 0 Å². The van der Waals surface area contributed by atoms with Gasteiger partial charge in [0.2, 0.25) is 0 Å². The Bertz CT molecular complexity index is 926. The molecule has 0 aliphatic carbocycles. The maximum atomic E-state index is 10.2. The third-order valence-corrected chi connectivity index (χ3v) is 6.45. The van der Waals surface area contributed by atoms with Crippen molar-refractivity contribution in [2.24, 2.45) is 5.92 Å². The van der Waals surface area contributed by atoms with Crippen LogP contribution in [-0.2, 0) is 17.6 Å². The fraction of sp³-hybridized carbons (Fsp3) is 0.304. The number of rotatable bonds is 4. The van der Waals surface area contributed by atoms with Crippen molar-refractivity contribution < 1.29 is 14.9 Å². The minimum atomic E-state index is -0.483. The highest BCUT2D eigenvalue weighted by Crippen LogP contribution is 2.31. The molecule has 0 bridgehead atoms. The van der Waals surface area contributed by atoms with Gasteiger partial charge in [-0.05, 0) is 28.6 Å². The van der Waals surface area contributed by atoms with E-state index in [1.54, 1.807) is 0 Å². The molecule has 1 aliphatic heterocycles. The van der Waals surface area contributed by atoms with E-state index in [0.717, 1.165) is 19.1 Å². The zero-order valence-electron chi connectivity index (χ0n) is 15.3. The van der Waals surface area contributed by atoms with Gasteiger partial charge >= 0.3 is 0 Å². The Labute approximate surface area is 163 Å². The molecule has 2 heterocycles. The first-order valence-corrected chi connectivity index (χ1v) is 10.2. The average Bonchev–Trinajstić information content (AvgIpc) is 3.07. The summed E-state index contributed by atoms with van der Waals surface area (Å²) in [5, 5.41) is 20.8. The summed E-state index contributed by atoms with van der Waals surface area (Å²) < 4.78 is 7.20. The zero-order valence-corrected chi connectivity index (χ0v) is 16.2. The monoisotopic (exact) mass is 380 g/mol. The molecule has 3 nitrogen and oxygen atoms in total. The van der Waals surface area contributed by atoms with Crippen LogP contribution in [0.2, 0.25) is 0 Å². The molecule has 3 atom stereocenters. The summed E-state index contributed by atoms with van der Waals surface area (Å²) in [6.07, 6.45) is 2.37. The second-order valence-electron chi connectivity index (χ2n) is 7.33. The molecule has 0 saturated carbocycles. The number of thiophene rings is 1. The van der Waals surface area contributed by atoms with Crippen LogP contribution in [0.3, 0.4) is 0 Å². The van der Waals surface area contributed by atoms with Crippen LogP contribution < -0.4 is 0 Å². The third-order valence-electron chi connectivity index (χ3n) is 5.33. The van der Waals surface area contributed by atoms with Crippen LogP contribution in [0.1, 0.15) is 29.3 Å². The molecule has 4 rings (SSSR count). The lowest BCUT2D eigenvalue weighted by molar-refractivity contribution is -0.0486. The molecule has 3 aromatic rings. The fourth-order valence-electron chi connectivity index (χ4n) is 3.72. The Morgan fingerprint density at radius 2 is 1.93 bits per heavy atom. The number of hydrogen-bond acceptors (Lipinski definition) is 4. The number of aliphatic hydroxyl groups is 2. The summed E-state index contributed by atoms with van der Waals surface area (Å²) in [5.41, 5.74) is 2.47. The predicted octanol–water partition coefficient (Wildman–Crippen LogP) is 5.22. The van der Waals surface area contributed by atoms with E-state index in [4.69, 9.17) is 4.74 Å². The van der Waals surface area contributed by atoms with Gasteiger partial charge in [-0.3, -0.25) is 0 Å². The molecule has 27 heavy (non-hydrogen) atoms. The van der Waals surface area contributed by atoms with Gasteiger partial charge in [-0.1, -0.05) is 49.4 Å². The Morgan fingerprint density at radius 3 is 2.74 bits per heavy atom. The molecule has 1 saturated heterocycles. The second-order valence-corrected chi connectivity index (χ2v) is 8.50. The van der Waals surface area contributed by atoms with E-state index in [9.17, 15) is 10.2 Å². The summed E-state index contributed by atoms with van der Waals surface area (Å²) in [6, 6.07) is 19.3. The Kier molecular flexibility index (Phi) is 5.19. The van der Waals surface area contributed by atoms with Gasteiger partial charge in [0.05, 0.1) is 6.10 Å². The highest BCUT2D eigenvalue weighted by molar-refractivity contribution is 7.19. The number of fused-ring (bicyclic) bond motifs is 1. The van der Waals surface area contributed by atoms with Gasteiger partial charge in [0.1, 0.15) is 18.1 Å². The third kappa shape index (κ3) is 4.02. The molecule has 0 spiro atoms. The molecule has 3 unspecified atom stereocenters. The smallest absolute Gasteiger partial charge is 0.133 e. The van der Waals surface area contributed by atoms with Crippen molar-refractivity contribution in [2.45, 2.75) is 38.4 Å². The summed E-state index contributed by atoms with van der Waals surface area (Å²) in [7, 11) is 0. The van der Waals surface area contributed by atoms with Gasteiger partial charge in [0, 0.05) is 34.8 Å². The summed E-state index contributed by atoms with van der Waals surface area (Å²) >= 11 is 1.84. The van der Waals surface area contributed by atoms with Crippen molar-refractivity contribution in [1.29, 1.82) is 0 Å². The molecular weight excluding hydrogens is 356 g/mol. The minimum Gasteiger partial charge on any atom is -0.512 e. The van der Waals surface area contributed by atoms with Gasteiger partial charge in [-0.15, -0.1) is 11.3 Å². The van der Waals surface area contributed by atoms with Gasteiger partial charge in [0.25, 0.3) is 0 Å². The quantitative estimate of drug-likeness (QED) is 0.610. The molecule has 4 heteroatoms. The van der Waals surface area contributed by atoms with Gasteiger partial charge < -0.3 is 14.9 Å². The fourth-order valence-corrected chi connectivity index (χ4v) is 4.82. The van der Waals surface area contributed by atoms with Gasteiger partial charge in [0.15, 0.2) is 0 Å². The van der Waals surface area contributed by atoms with Crippen LogP contribution in [0.5, 0.6) is 0 Å². The van der Waals surface area contributed by atoms with Crippen molar-refractivity contribution in [3.63, 3.8) is 0 Å². The Hall–Kier alpha value is -2.30. The maximum Gasteiger partial charge on any atom is 0.133 e. The topological polar surface area (TPSA) is 49.7 Å². The Balaban J connectivity index is 1.50. The summed E-state index contributed by atoms with van der Waals surface area (Å²) in [5.74, 6) is 0.493. The van der Waals surface area contributed by atoms with Crippen LogP contribution in [0.25, 0.3) is 10.1 Å². The minimum absolute atomic E-state index is 0.0277. The molecule has 2 aromatic carbocycles. The lowest BCUT2D eigenvalue weighted by atomic mass is 9.88.